The van der Waals surface area contributed by atoms with Crippen molar-refractivity contribution in [3.05, 3.63) is 52.5 Å². The number of rotatable bonds is 6. The number of halogens is 1. The lowest BCUT2D eigenvalue weighted by Crippen LogP contribution is -2.14. The first-order valence-corrected chi connectivity index (χ1v) is 9.17. The van der Waals surface area contributed by atoms with Crippen molar-refractivity contribution < 1.29 is 22.7 Å². The molecule has 0 amide bonds. The van der Waals surface area contributed by atoms with Crippen molar-refractivity contribution in [2.45, 2.75) is 18.7 Å². The van der Waals surface area contributed by atoms with Gasteiger partial charge < -0.3 is 9.47 Å². The Hall–Kier alpha value is -2.25. The third-order valence-corrected chi connectivity index (χ3v) is 4.94. The summed E-state index contributed by atoms with van der Waals surface area (Å²) in [7, 11) is -2.57. The lowest BCUT2D eigenvalue weighted by molar-refractivity contribution is -0.142. The summed E-state index contributed by atoms with van der Waals surface area (Å²) in [6.07, 6.45) is 0. The first-order valence-electron chi connectivity index (χ1n) is 7.31. The first-order chi connectivity index (χ1) is 11.7. The number of anilines is 1. The van der Waals surface area contributed by atoms with Crippen molar-refractivity contribution in [3.63, 3.8) is 0 Å². The third-order valence-electron chi connectivity index (χ3n) is 3.26. The summed E-state index contributed by atoms with van der Waals surface area (Å²) in [6.45, 7) is 3.45. The fraction of sp³-hybridized carbons (Fsp3) is 0.235. The molecule has 0 bridgehead atoms. The van der Waals surface area contributed by atoms with Crippen molar-refractivity contribution in [3.8, 4) is 5.75 Å². The van der Waals surface area contributed by atoms with Crippen molar-refractivity contribution in [2.24, 2.45) is 0 Å². The molecule has 1 N–H and O–H groups in total. The molecule has 6 nitrogen and oxygen atoms in total. The number of esters is 1. The number of benzene rings is 2. The summed E-state index contributed by atoms with van der Waals surface area (Å²) in [6, 6.07) is 9.42. The summed E-state index contributed by atoms with van der Waals surface area (Å²) in [5.74, 6) is -0.373. The van der Waals surface area contributed by atoms with Crippen LogP contribution in [0.1, 0.15) is 11.1 Å². The zero-order chi connectivity index (χ0) is 18.6. The Kier molecular flexibility index (Phi) is 5.92. The van der Waals surface area contributed by atoms with E-state index in [1.165, 1.54) is 25.3 Å². The average molecular weight is 384 g/mol. The number of methoxy groups -OCH3 is 1. The van der Waals surface area contributed by atoms with Gasteiger partial charge in [-0.15, -0.1) is 0 Å². The van der Waals surface area contributed by atoms with Gasteiger partial charge in [0.25, 0.3) is 10.0 Å². The van der Waals surface area contributed by atoms with Crippen LogP contribution in [0.25, 0.3) is 0 Å². The molecule has 0 aromatic heterocycles. The molecule has 2 rings (SSSR count). The molecule has 0 radical (unpaired) electrons. The van der Waals surface area contributed by atoms with Crippen LogP contribution in [0.15, 0.2) is 41.3 Å². The van der Waals surface area contributed by atoms with Crippen molar-refractivity contribution in [1.29, 1.82) is 0 Å². The molecule has 2 aromatic rings. The molecule has 0 fully saturated rings. The van der Waals surface area contributed by atoms with Gasteiger partial charge in [-0.3, -0.25) is 4.72 Å². The topological polar surface area (TPSA) is 81.7 Å². The van der Waals surface area contributed by atoms with Crippen molar-refractivity contribution in [2.75, 3.05) is 18.4 Å². The van der Waals surface area contributed by atoms with Crippen LogP contribution < -0.4 is 9.46 Å². The second kappa shape index (κ2) is 7.76. The summed E-state index contributed by atoms with van der Waals surface area (Å²) < 4.78 is 37.2. The Morgan fingerprint density at radius 2 is 1.76 bits per heavy atom. The van der Waals surface area contributed by atoms with Crippen LogP contribution >= 0.6 is 11.6 Å². The van der Waals surface area contributed by atoms with Gasteiger partial charge >= 0.3 is 5.97 Å². The highest BCUT2D eigenvalue weighted by Crippen LogP contribution is 2.28. The van der Waals surface area contributed by atoms with Gasteiger partial charge in [0, 0.05) is 5.69 Å². The van der Waals surface area contributed by atoms with E-state index in [2.05, 4.69) is 9.46 Å². The van der Waals surface area contributed by atoms with Crippen LogP contribution in [-0.4, -0.2) is 28.1 Å². The third kappa shape index (κ3) is 5.11. The maximum atomic E-state index is 12.5. The predicted octanol–water partition coefficient (Wildman–Crippen LogP) is 3.31. The largest absolute Gasteiger partial charge is 0.480 e. The molecule has 0 unspecified atom stereocenters. The summed E-state index contributed by atoms with van der Waals surface area (Å²) in [5, 5.41) is 0.0761. The molecule has 0 aliphatic carbocycles. The maximum absolute atomic E-state index is 12.5. The van der Waals surface area contributed by atoms with Gasteiger partial charge in [0.1, 0.15) is 5.75 Å². The van der Waals surface area contributed by atoms with E-state index in [0.717, 1.165) is 11.1 Å². The average Bonchev–Trinajstić information content (AvgIpc) is 2.51. The minimum absolute atomic E-state index is 0.0120. The minimum Gasteiger partial charge on any atom is -0.480 e. The number of sulfonamides is 1. The standard InChI is InChI=1S/C17H18ClNO5S/c1-11-6-12(2)8-13(7-11)19-25(21,22)14-4-5-16(15(18)9-14)24-10-17(20)23-3/h4-9,19H,10H2,1-3H3. The SMILES string of the molecule is COC(=O)COc1ccc(S(=O)(=O)Nc2cc(C)cc(C)c2)cc1Cl. The molecule has 0 atom stereocenters. The molecule has 0 spiro atoms. The van der Waals surface area contributed by atoms with Gasteiger partial charge in [-0.25, -0.2) is 13.2 Å². The number of hydrogen-bond acceptors (Lipinski definition) is 5. The number of aryl methyl sites for hydroxylation is 2. The smallest absolute Gasteiger partial charge is 0.343 e. The van der Waals surface area contributed by atoms with Gasteiger partial charge in [-0.05, 0) is 55.3 Å². The minimum atomic E-state index is -3.80. The van der Waals surface area contributed by atoms with Crippen molar-refractivity contribution >= 4 is 33.3 Å². The highest BCUT2D eigenvalue weighted by molar-refractivity contribution is 7.92. The number of hydrogen-bond donors (Lipinski definition) is 1. The van der Waals surface area contributed by atoms with Gasteiger partial charge in [-0.1, -0.05) is 17.7 Å². The number of ether oxygens (including phenoxy) is 2. The van der Waals surface area contributed by atoms with E-state index < -0.39 is 16.0 Å². The Bertz CT molecular complexity index is 876. The van der Waals surface area contributed by atoms with Gasteiger partial charge in [-0.2, -0.15) is 0 Å². The van der Waals surface area contributed by atoms with Crippen LogP contribution in [0, 0.1) is 13.8 Å². The summed E-state index contributed by atoms with van der Waals surface area (Å²) in [5.41, 5.74) is 2.37. The molecule has 2 aromatic carbocycles. The lowest BCUT2D eigenvalue weighted by atomic mass is 10.1. The lowest BCUT2D eigenvalue weighted by Gasteiger charge is -2.12. The normalized spacial score (nSPS) is 11.0. The van der Waals surface area contributed by atoms with Crippen LogP contribution in [0.3, 0.4) is 0 Å². The Morgan fingerprint density at radius 1 is 1.12 bits per heavy atom. The van der Waals surface area contributed by atoms with Crippen LogP contribution in [0.5, 0.6) is 5.75 Å². The van der Waals surface area contributed by atoms with E-state index in [4.69, 9.17) is 16.3 Å². The van der Waals surface area contributed by atoms with E-state index in [9.17, 15) is 13.2 Å². The van der Waals surface area contributed by atoms with Gasteiger partial charge in [0.15, 0.2) is 6.61 Å². The molecule has 8 heteroatoms. The van der Waals surface area contributed by atoms with E-state index in [-0.39, 0.29) is 22.3 Å². The number of nitrogens with one attached hydrogen (secondary N) is 1. The van der Waals surface area contributed by atoms with Crippen LogP contribution in [-0.2, 0) is 19.6 Å². The van der Waals surface area contributed by atoms with E-state index in [1.54, 1.807) is 12.1 Å². The van der Waals surface area contributed by atoms with Gasteiger partial charge in [0.05, 0.1) is 17.0 Å². The van der Waals surface area contributed by atoms with E-state index in [1.807, 2.05) is 19.9 Å². The second-order valence-corrected chi connectivity index (χ2v) is 7.53. The molecule has 0 aliphatic heterocycles. The molecule has 0 saturated heterocycles. The van der Waals surface area contributed by atoms with Crippen LogP contribution in [0.2, 0.25) is 5.02 Å². The fourth-order valence-corrected chi connectivity index (χ4v) is 3.58. The predicted molar refractivity (Wildman–Crippen MR) is 95.7 cm³/mol. The summed E-state index contributed by atoms with van der Waals surface area (Å²) >= 11 is 6.05. The number of carbonyl (C=O) groups is 1. The monoisotopic (exact) mass is 383 g/mol. The molecular formula is C17H18ClNO5S. The Morgan fingerprint density at radius 3 is 2.32 bits per heavy atom. The molecular weight excluding hydrogens is 366 g/mol. The zero-order valence-electron chi connectivity index (χ0n) is 14.0. The zero-order valence-corrected chi connectivity index (χ0v) is 15.6. The first kappa shape index (κ1) is 19.1. The highest BCUT2D eigenvalue weighted by Gasteiger charge is 2.17. The van der Waals surface area contributed by atoms with Crippen LogP contribution in [0.4, 0.5) is 5.69 Å². The molecule has 0 saturated carbocycles. The fourth-order valence-electron chi connectivity index (χ4n) is 2.21. The van der Waals surface area contributed by atoms with Crippen molar-refractivity contribution in [1.82, 2.24) is 0 Å². The molecule has 0 heterocycles. The van der Waals surface area contributed by atoms with E-state index >= 15 is 0 Å². The molecule has 25 heavy (non-hydrogen) atoms. The summed E-state index contributed by atoms with van der Waals surface area (Å²) in [4.78, 5) is 11.1. The van der Waals surface area contributed by atoms with E-state index in [0.29, 0.717) is 5.69 Å². The quantitative estimate of drug-likeness (QED) is 0.774. The molecule has 134 valence electrons. The van der Waals surface area contributed by atoms with Gasteiger partial charge in [0.2, 0.25) is 0 Å². The maximum Gasteiger partial charge on any atom is 0.343 e. The highest BCUT2D eigenvalue weighted by atomic mass is 35.5. The Balaban J connectivity index is 2.21. The second-order valence-electron chi connectivity index (χ2n) is 5.44. The number of carbonyl (C=O) groups excluding carboxylic acids is 1. The molecule has 0 aliphatic rings. The Labute approximate surface area is 151 Å².